The van der Waals surface area contributed by atoms with Crippen LogP contribution in [-0.2, 0) is 9.59 Å². The SMILES string of the molecule is O=C1[C@H]2[C@H](C(=O)N1/N=C\c1ccc(-c3cccc([N+](=O)[O-])c3)o1)[C@H]1C=C[C@H]2CC1. The molecule has 8 heteroatoms. The van der Waals surface area contributed by atoms with E-state index in [0.717, 1.165) is 17.9 Å². The molecule has 1 aromatic carbocycles. The van der Waals surface area contributed by atoms with Crippen molar-refractivity contribution in [1.29, 1.82) is 0 Å². The molecule has 3 aliphatic carbocycles. The normalized spacial score (nSPS) is 27.8. The quantitative estimate of drug-likeness (QED) is 0.261. The number of furan rings is 1. The molecular formula is C21H17N3O5. The number of allylic oxidation sites excluding steroid dienone is 2. The Morgan fingerprint density at radius 2 is 1.76 bits per heavy atom. The van der Waals surface area contributed by atoms with Crippen LogP contribution >= 0.6 is 0 Å². The average Bonchev–Trinajstić information content (AvgIpc) is 3.32. The van der Waals surface area contributed by atoms with Gasteiger partial charge in [-0.25, -0.2) is 0 Å². The monoisotopic (exact) mass is 391 g/mol. The predicted octanol–water partition coefficient (Wildman–Crippen LogP) is 3.39. The molecule has 4 atom stereocenters. The van der Waals surface area contributed by atoms with Gasteiger partial charge in [0.25, 0.3) is 17.5 Å². The Labute approximate surface area is 165 Å². The van der Waals surface area contributed by atoms with Gasteiger partial charge in [0, 0.05) is 17.7 Å². The summed E-state index contributed by atoms with van der Waals surface area (Å²) >= 11 is 0. The van der Waals surface area contributed by atoms with E-state index in [2.05, 4.69) is 17.3 Å². The minimum Gasteiger partial charge on any atom is -0.455 e. The zero-order valence-electron chi connectivity index (χ0n) is 15.3. The van der Waals surface area contributed by atoms with Crippen molar-refractivity contribution >= 4 is 23.7 Å². The smallest absolute Gasteiger partial charge is 0.270 e. The number of carbonyl (C=O) groups is 2. The largest absolute Gasteiger partial charge is 0.455 e. The number of carbonyl (C=O) groups excluding carboxylic acids is 2. The van der Waals surface area contributed by atoms with Crippen molar-refractivity contribution in [2.24, 2.45) is 28.8 Å². The molecule has 1 aromatic heterocycles. The summed E-state index contributed by atoms with van der Waals surface area (Å²) in [6.45, 7) is 0. The second kappa shape index (κ2) is 6.51. The first kappa shape index (κ1) is 17.5. The molecule has 1 saturated carbocycles. The summed E-state index contributed by atoms with van der Waals surface area (Å²) in [5.41, 5.74) is 0.522. The number of fused-ring (bicyclic) bond motifs is 1. The molecule has 0 N–H and O–H groups in total. The Bertz CT molecular complexity index is 1050. The molecule has 2 bridgehead atoms. The van der Waals surface area contributed by atoms with Gasteiger partial charge in [-0.2, -0.15) is 10.1 Å². The van der Waals surface area contributed by atoms with E-state index in [1.54, 1.807) is 24.3 Å². The number of rotatable bonds is 4. The van der Waals surface area contributed by atoms with Crippen LogP contribution in [0.5, 0.6) is 0 Å². The zero-order chi connectivity index (χ0) is 20.1. The molecule has 4 aliphatic rings. The van der Waals surface area contributed by atoms with Gasteiger partial charge in [-0.05, 0) is 36.8 Å². The second-order valence-electron chi connectivity index (χ2n) is 7.58. The Morgan fingerprint density at radius 3 is 2.38 bits per heavy atom. The van der Waals surface area contributed by atoms with E-state index in [1.165, 1.54) is 18.3 Å². The highest BCUT2D eigenvalue weighted by Gasteiger charge is 2.56. The second-order valence-corrected chi connectivity index (χ2v) is 7.58. The molecule has 0 unspecified atom stereocenters. The Hall–Kier alpha value is -3.55. The first-order valence-corrected chi connectivity index (χ1v) is 9.48. The van der Waals surface area contributed by atoms with Crippen LogP contribution in [0.2, 0.25) is 0 Å². The summed E-state index contributed by atoms with van der Waals surface area (Å²) in [7, 11) is 0. The molecule has 29 heavy (non-hydrogen) atoms. The van der Waals surface area contributed by atoms with E-state index in [9.17, 15) is 19.7 Å². The molecule has 2 heterocycles. The van der Waals surface area contributed by atoms with Gasteiger partial charge in [0.2, 0.25) is 0 Å². The number of amides is 2. The van der Waals surface area contributed by atoms with Crippen molar-refractivity contribution in [3.8, 4) is 11.3 Å². The predicted molar refractivity (Wildman–Crippen MR) is 103 cm³/mol. The number of benzene rings is 1. The van der Waals surface area contributed by atoms with Gasteiger partial charge in [0.05, 0.1) is 23.0 Å². The van der Waals surface area contributed by atoms with E-state index in [0.29, 0.717) is 17.1 Å². The zero-order valence-corrected chi connectivity index (χ0v) is 15.3. The van der Waals surface area contributed by atoms with Crippen molar-refractivity contribution in [1.82, 2.24) is 5.01 Å². The highest BCUT2D eigenvalue weighted by Crippen LogP contribution is 2.49. The Balaban J connectivity index is 1.37. The fourth-order valence-corrected chi connectivity index (χ4v) is 4.64. The van der Waals surface area contributed by atoms with Crippen LogP contribution in [-0.4, -0.2) is 28.0 Å². The summed E-state index contributed by atoms with van der Waals surface area (Å²) in [6.07, 6.45) is 7.33. The van der Waals surface area contributed by atoms with E-state index >= 15 is 0 Å². The lowest BCUT2D eigenvalue weighted by Crippen LogP contribution is -2.38. The third kappa shape index (κ3) is 2.79. The van der Waals surface area contributed by atoms with E-state index in [-0.39, 0.29) is 41.2 Å². The standard InChI is InChI=1S/C21H17N3O5/c25-20-18-12-4-5-13(7-6-12)19(18)21(26)23(20)22-11-16-8-9-17(29-16)14-2-1-3-15(10-14)24(27)28/h1-5,8-13,18-19H,6-7H2/b22-11-/t12-,13-,18+,19+/m0/s1. The molecule has 0 spiro atoms. The van der Waals surface area contributed by atoms with Crippen molar-refractivity contribution in [2.75, 3.05) is 0 Å². The molecule has 146 valence electrons. The average molecular weight is 391 g/mol. The van der Waals surface area contributed by atoms with E-state index < -0.39 is 4.92 Å². The number of non-ortho nitro benzene ring substituents is 1. The molecule has 1 saturated heterocycles. The summed E-state index contributed by atoms with van der Waals surface area (Å²) in [5.74, 6) is -0.0907. The fraction of sp³-hybridized carbons (Fsp3) is 0.286. The van der Waals surface area contributed by atoms with Crippen LogP contribution in [0.25, 0.3) is 11.3 Å². The number of nitrogens with zero attached hydrogens (tertiary/aromatic N) is 3. The number of hydrogen-bond acceptors (Lipinski definition) is 6. The molecule has 2 aromatic rings. The fourth-order valence-electron chi connectivity index (χ4n) is 4.64. The van der Waals surface area contributed by atoms with Crippen LogP contribution in [0, 0.1) is 33.8 Å². The Morgan fingerprint density at radius 1 is 1.07 bits per heavy atom. The highest BCUT2D eigenvalue weighted by atomic mass is 16.6. The van der Waals surface area contributed by atoms with Gasteiger partial charge in [0.15, 0.2) is 0 Å². The number of hydrogen-bond donors (Lipinski definition) is 0. The molecular weight excluding hydrogens is 374 g/mol. The minimum absolute atomic E-state index is 0.0341. The van der Waals surface area contributed by atoms with Crippen molar-refractivity contribution in [3.05, 3.63) is 64.4 Å². The number of nitro groups is 1. The maximum Gasteiger partial charge on any atom is 0.270 e. The van der Waals surface area contributed by atoms with Gasteiger partial charge in [-0.15, -0.1) is 0 Å². The first-order valence-electron chi connectivity index (χ1n) is 9.48. The molecule has 6 rings (SSSR count). The van der Waals surface area contributed by atoms with Crippen LogP contribution in [0.3, 0.4) is 0 Å². The molecule has 8 nitrogen and oxygen atoms in total. The van der Waals surface area contributed by atoms with Crippen LogP contribution in [0.4, 0.5) is 5.69 Å². The Kier molecular flexibility index (Phi) is 3.94. The molecule has 2 fully saturated rings. The third-order valence-corrected chi connectivity index (χ3v) is 6.00. The summed E-state index contributed by atoms with van der Waals surface area (Å²) in [6, 6.07) is 9.41. The number of imide groups is 1. The van der Waals surface area contributed by atoms with Crippen LogP contribution < -0.4 is 0 Å². The summed E-state index contributed by atoms with van der Waals surface area (Å²) in [4.78, 5) is 36.0. The van der Waals surface area contributed by atoms with Crippen LogP contribution in [0.15, 0.2) is 58.1 Å². The van der Waals surface area contributed by atoms with Gasteiger partial charge in [-0.3, -0.25) is 19.7 Å². The van der Waals surface area contributed by atoms with Crippen molar-refractivity contribution in [2.45, 2.75) is 12.8 Å². The highest BCUT2D eigenvalue weighted by molar-refractivity contribution is 6.06. The lowest BCUT2D eigenvalue weighted by molar-refractivity contribution is -0.384. The number of nitro benzene ring substituents is 1. The third-order valence-electron chi connectivity index (χ3n) is 6.00. The van der Waals surface area contributed by atoms with Gasteiger partial charge in [0.1, 0.15) is 11.5 Å². The lowest BCUT2D eigenvalue weighted by Gasteiger charge is -2.37. The van der Waals surface area contributed by atoms with Gasteiger partial charge in [-0.1, -0.05) is 24.3 Å². The van der Waals surface area contributed by atoms with Crippen molar-refractivity contribution in [3.63, 3.8) is 0 Å². The number of hydrazone groups is 1. The molecule has 1 aliphatic heterocycles. The molecule has 2 amide bonds. The van der Waals surface area contributed by atoms with E-state index in [1.807, 2.05) is 0 Å². The minimum atomic E-state index is -0.471. The maximum absolute atomic E-state index is 12.8. The van der Waals surface area contributed by atoms with Crippen LogP contribution in [0.1, 0.15) is 18.6 Å². The lowest BCUT2D eigenvalue weighted by atomic mass is 9.63. The van der Waals surface area contributed by atoms with E-state index in [4.69, 9.17) is 4.42 Å². The maximum atomic E-state index is 12.8. The first-order chi connectivity index (χ1) is 14.0. The van der Waals surface area contributed by atoms with Gasteiger partial charge >= 0.3 is 0 Å². The topological polar surface area (TPSA) is 106 Å². The summed E-state index contributed by atoms with van der Waals surface area (Å²) in [5, 5.41) is 16.0. The molecule has 0 radical (unpaired) electrons. The van der Waals surface area contributed by atoms with Gasteiger partial charge < -0.3 is 4.42 Å². The summed E-state index contributed by atoms with van der Waals surface area (Å²) < 4.78 is 5.67. The van der Waals surface area contributed by atoms with Crippen molar-refractivity contribution < 1.29 is 18.9 Å².